The van der Waals surface area contributed by atoms with Crippen molar-refractivity contribution >= 4 is 23.4 Å². The van der Waals surface area contributed by atoms with E-state index < -0.39 is 23.7 Å². The summed E-state index contributed by atoms with van der Waals surface area (Å²) in [6.07, 6.45) is 3.76. The number of carbonyl (C=O) groups is 1. The van der Waals surface area contributed by atoms with Crippen LogP contribution in [0, 0.1) is 12.8 Å². The zero-order valence-corrected chi connectivity index (χ0v) is 18.5. The van der Waals surface area contributed by atoms with Gasteiger partial charge in [0.1, 0.15) is 11.7 Å². The molecule has 2 aliphatic rings. The molecule has 0 N–H and O–H groups in total. The van der Waals surface area contributed by atoms with E-state index in [1.807, 2.05) is 55.1 Å². The first-order valence-corrected chi connectivity index (χ1v) is 10.9. The Bertz CT molecular complexity index is 1390. The second-order valence-corrected chi connectivity index (χ2v) is 8.86. The molecule has 9 heteroatoms. The number of benzene rings is 1. The van der Waals surface area contributed by atoms with Crippen LogP contribution in [-0.2, 0) is 16.1 Å². The van der Waals surface area contributed by atoms with Crippen molar-refractivity contribution in [3.8, 4) is 5.75 Å². The molecule has 31 heavy (non-hydrogen) atoms. The largest absolute Gasteiger partial charge is 0.469 e. The van der Waals surface area contributed by atoms with Gasteiger partial charge in [0.05, 0.1) is 23.4 Å². The Kier molecular flexibility index (Phi) is 4.40. The van der Waals surface area contributed by atoms with Crippen molar-refractivity contribution in [2.75, 3.05) is 7.11 Å². The number of hydrogen-bond acceptors (Lipinski definition) is 7. The van der Waals surface area contributed by atoms with E-state index in [0.29, 0.717) is 15.1 Å². The van der Waals surface area contributed by atoms with Crippen molar-refractivity contribution in [3.63, 3.8) is 0 Å². The molecule has 0 saturated carbocycles. The first kappa shape index (κ1) is 19.7. The molecule has 5 rings (SSSR count). The molecule has 160 valence electrons. The van der Waals surface area contributed by atoms with Gasteiger partial charge in [-0.3, -0.25) is 18.8 Å². The van der Waals surface area contributed by atoms with Gasteiger partial charge >= 0.3 is 5.97 Å². The van der Waals surface area contributed by atoms with Gasteiger partial charge in [0.25, 0.3) is 5.56 Å². The van der Waals surface area contributed by atoms with E-state index in [0.717, 1.165) is 23.4 Å². The fraction of sp³-hybridized carbons (Fsp3) is 0.364. The fourth-order valence-corrected chi connectivity index (χ4v) is 5.50. The Balaban J connectivity index is 1.78. The van der Waals surface area contributed by atoms with E-state index in [2.05, 4.69) is 5.10 Å². The summed E-state index contributed by atoms with van der Waals surface area (Å²) < 4.78 is 15.3. The third kappa shape index (κ3) is 2.87. The molecule has 3 atom stereocenters. The zero-order chi connectivity index (χ0) is 21.9. The highest BCUT2D eigenvalue weighted by molar-refractivity contribution is 7.07. The summed E-state index contributed by atoms with van der Waals surface area (Å²) in [5.41, 5.74) is 1.15. The van der Waals surface area contributed by atoms with Crippen LogP contribution >= 0.6 is 11.3 Å². The molecular weight excluding hydrogens is 416 g/mol. The van der Waals surface area contributed by atoms with E-state index in [9.17, 15) is 9.59 Å². The average molecular weight is 439 g/mol. The van der Waals surface area contributed by atoms with Crippen LogP contribution in [-0.4, -0.2) is 33.2 Å². The monoisotopic (exact) mass is 438 g/mol. The van der Waals surface area contributed by atoms with Gasteiger partial charge in [-0.05, 0) is 32.9 Å². The Labute approximate surface area is 182 Å². The molecular formula is C22H22N4O4S. The number of methoxy groups -OCH3 is 1. The number of rotatable bonds is 3. The number of nitrogens with zero attached hydrogens (tertiary/aromatic N) is 4. The minimum absolute atomic E-state index is 0.190. The Morgan fingerprint density at radius 3 is 2.87 bits per heavy atom. The molecule has 0 unspecified atom stereocenters. The first-order valence-electron chi connectivity index (χ1n) is 10.1. The maximum Gasteiger partial charge on any atom is 0.317 e. The lowest BCUT2D eigenvalue weighted by molar-refractivity contribution is -0.158. The van der Waals surface area contributed by atoms with E-state index in [1.54, 1.807) is 11.5 Å². The van der Waals surface area contributed by atoms with Crippen molar-refractivity contribution in [1.82, 2.24) is 14.3 Å². The second kappa shape index (κ2) is 6.91. The van der Waals surface area contributed by atoms with Crippen LogP contribution in [0.1, 0.15) is 36.7 Å². The summed E-state index contributed by atoms with van der Waals surface area (Å²) in [6.45, 7) is 6.45. The van der Waals surface area contributed by atoms with Crippen LogP contribution < -0.4 is 19.6 Å². The van der Waals surface area contributed by atoms with E-state index in [1.165, 1.54) is 18.4 Å². The van der Waals surface area contributed by atoms with E-state index in [4.69, 9.17) is 14.5 Å². The van der Waals surface area contributed by atoms with Gasteiger partial charge in [-0.25, -0.2) is 4.99 Å². The SMILES string of the molecule is CCn1cc(/C=c2/sc3n(c2=O)[C@H]2c4ccccc4O[C@@](C)(N=3)[C@H]2C(=O)OC)c(C)n1. The minimum atomic E-state index is -1.16. The summed E-state index contributed by atoms with van der Waals surface area (Å²) in [5, 5.41) is 4.45. The lowest BCUT2D eigenvalue weighted by atomic mass is 9.81. The molecule has 2 aliphatic heterocycles. The number of thiazole rings is 1. The first-order chi connectivity index (χ1) is 14.9. The molecule has 0 amide bonds. The molecule has 8 nitrogen and oxygen atoms in total. The number of fused-ring (bicyclic) bond motifs is 6. The third-order valence-electron chi connectivity index (χ3n) is 5.93. The van der Waals surface area contributed by atoms with Crippen molar-refractivity contribution < 1.29 is 14.3 Å². The maximum absolute atomic E-state index is 13.5. The predicted molar refractivity (Wildman–Crippen MR) is 115 cm³/mol. The smallest absolute Gasteiger partial charge is 0.317 e. The van der Waals surface area contributed by atoms with Crippen LogP contribution in [0.15, 0.2) is 40.2 Å². The van der Waals surface area contributed by atoms with Gasteiger partial charge < -0.3 is 9.47 Å². The van der Waals surface area contributed by atoms with Gasteiger partial charge in [0, 0.05) is 23.9 Å². The predicted octanol–water partition coefficient (Wildman–Crippen LogP) is 1.38. The number of esters is 1. The van der Waals surface area contributed by atoms with Crippen LogP contribution in [0.2, 0.25) is 0 Å². The fourth-order valence-electron chi connectivity index (χ4n) is 4.41. The number of para-hydroxylation sites is 1. The highest BCUT2D eigenvalue weighted by Crippen LogP contribution is 2.47. The number of carbonyl (C=O) groups excluding carboxylic acids is 1. The van der Waals surface area contributed by atoms with Crippen molar-refractivity contribution in [2.24, 2.45) is 10.9 Å². The van der Waals surface area contributed by atoms with Gasteiger partial charge in [-0.2, -0.15) is 5.10 Å². The van der Waals surface area contributed by atoms with Gasteiger partial charge in [-0.15, -0.1) is 0 Å². The molecule has 0 saturated heterocycles. The summed E-state index contributed by atoms with van der Waals surface area (Å²) >= 11 is 1.29. The summed E-state index contributed by atoms with van der Waals surface area (Å²) in [5.74, 6) is -0.613. The third-order valence-corrected chi connectivity index (χ3v) is 6.91. The lowest BCUT2D eigenvalue weighted by Crippen LogP contribution is -2.58. The Hall–Kier alpha value is -3.20. The van der Waals surface area contributed by atoms with Crippen LogP contribution in [0.25, 0.3) is 6.08 Å². The molecule has 0 spiro atoms. The molecule has 0 aliphatic carbocycles. The molecule has 0 fully saturated rings. The molecule has 1 aromatic carbocycles. The van der Waals surface area contributed by atoms with Gasteiger partial charge in [0.2, 0.25) is 5.72 Å². The second-order valence-electron chi connectivity index (χ2n) is 7.85. The molecule has 2 aromatic heterocycles. The highest BCUT2D eigenvalue weighted by atomic mass is 32.1. The Morgan fingerprint density at radius 1 is 1.39 bits per heavy atom. The summed E-state index contributed by atoms with van der Waals surface area (Å²) in [7, 11) is 1.34. The Morgan fingerprint density at radius 2 is 2.16 bits per heavy atom. The van der Waals surface area contributed by atoms with Crippen molar-refractivity contribution in [1.29, 1.82) is 0 Å². The van der Waals surface area contributed by atoms with Crippen molar-refractivity contribution in [2.45, 2.75) is 39.1 Å². The molecule has 0 radical (unpaired) electrons. The highest BCUT2D eigenvalue weighted by Gasteiger charge is 2.55. The number of aromatic nitrogens is 3. The standard InChI is InChI=1S/C22H22N4O4S/c1-5-25-11-13(12(2)24-25)10-16-19(27)26-18-14-8-6-7-9-15(14)30-22(3,23-21(26)31-16)17(18)20(28)29-4/h6-11,17-18H,5H2,1-4H3/b16-10+/t17-,18+,22-/m1/s1. The van der Waals surface area contributed by atoms with E-state index >= 15 is 0 Å². The van der Waals surface area contributed by atoms with E-state index in [-0.39, 0.29) is 5.56 Å². The van der Waals surface area contributed by atoms with Crippen molar-refractivity contribution in [3.05, 3.63) is 67.0 Å². The summed E-state index contributed by atoms with van der Waals surface area (Å²) in [6, 6.07) is 6.90. The minimum Gasteiger partial charge on any atom is -0.469 e. The van der Waals surface area contributed by atoms with Gasteiger partial charge in [-0.1, -0.05) is 29.5 Å². The molecule has 4 heterocycles. The molecule has 3 aromatic rings. The van der Waals surface area contributed by atoms with Crippen LogP contribution in [0.4, 0.5) is 0 Å². The van der Waals surface area contributed by atoms with Gasteiger partial charge in [0.15, 0.2) is 4.80 Å². The maximum atomic E-state index is 13.5. The zero-order valence-electron chi connectivity index (χ0n) is 17.7. The quantitative estimate of drug-likeness (QED) is 0.577. The number of aryl methyl sites for hydroxylation is 2. The lowest BCUT2D eigenvalue weighted by Gasteiger charge is -2.44. The van der Waals surface area contributed by atoms with Crippen LogP contribution in [0.5, 0.6) is 5.75 Å². The number of hydrogen-bond donors (Lipinski definition) is 0. The normalized spacial score (nSPS) is 24.1. The van der Waals surface area contributed by atoms with Crippen LogP contribution in [0.3, 0.4) is 0 Å². The average Bonchev–Trinajstić information content (AvgIpc) is 3.25. The summed E-state index contributed by atoms with van der Waals surface area (Å²) in [4.78, 5) is 31.6. The number of ether oxygens (including phenoxy) is 2. The molecule has 2 bridgehead atoms. The topological polar surface area (TPSA) is 87.7 Å².